The summed E-state index contributed by atoms with van der Waals surface area (Å²) in [5.74, 6) is 0.426. The molecule has 0 radical (unpaired) electrons. The fourth-order valence-electron chi connectivity index (χ4n) is 2.65. The number of nitrogens with zero attached hydrogens (tertiary/aromatic N) is 5. The summed E-state index contributed by atoms with van der Waals surface area (Å²) in [6.45, 7) is 4.80. The molecule has 0 aliphatic rings. The number of nitrogens with one attached hydrogen (secondary N) is 2. The molecule has 2 N–H and O–H groups in total. The van der Waals surface area contributed by atoms with Crippen LogP contribution in [0.1, 0.15) is 18.9 Å². The van der Waals surface area contributed by atoms with E-state index in [1.54, 1.807) is 35.6 Å². The molecule has 0 aliphatic carbocycles. The van der Waals surface area contributed by atoms with E-state index in [0.717, 1.165) is 37.6 Å². The molecule has 0 aliphatic heterocycles. The number of rotatable bonds is 8. The third kappa shape index (κ3) is 6.32. The Kier molecular flexibility index (Phi) is 8.92. The third-order valence-electron chi connectivity index (χ3n) is 3.97. The zero-order chi connectivity index (χ0) is 18.9. The molecule has 0 saturated heterocycles. The van der Waals surface area contributed by atoms with E-state index in [0.29, 0.717) is 12.2 Å². The van der Waals surface area contributed by atoms with Crippen molar-refractivity contribution in [2.45, 2.75) is 26.4 Å². The first-order chi connectivity index (χ1) is 13.3. The first kappa shape index (κ1) is 21.9. The van der Waals surface area contributed by atoms with Crippen LogP contribution in [0.5, 0.6) is 0 Å². The van der Waals surface area contributed by atoms with Crippen LogP contribution in [0.15, 0.2) is 60.4 Å². The second-order valence-electron chi connectivity index (χ2n) is 6.00. The van der Waals surface area contributed by atoms with Crippen molar-refractivity contribution in [2.24, 2.45) is 4.99 Å². The number of guanidine groups is 1. The van der Waals surface area contributed by atoms with Crippen molar-refractivity contribution in [1.82, 2.24) is 30.0 Å². The fraction of sp³-hybridized carbons (Fsp3) is 0.316. The molecule has 7 nitrogen and oxygen atoms in total. The molecule has 0 bridgehead atoms. The SMILES string of the molecule is CCNC(=NCc1ccc(-n2ccnc2)c(F)c1)NCCCn1cccn1.I. The number of hydrogen-bond donors (Lipinski definition) is 2. The predicted octanol–water partition coefficient (Wildman–Crippen LogP) is 2.97. The first-order valence-electron chi connectivity index (χ1n) is 9.02. The average molecular weight is 497 g/mol. The van der Waals surface area contributed by atoms with Crippen LogP contribution in [-0.4, -0.2) is 38.4 Å². The number of aliphatic imine (C=N–C) groups is 1. The largest absolute Gasteiger partial charge is 0.357 e. The highest BCUT2D eigenvalue weighted by Gasteiger charge is 2.05. The molecule has 3 rings (SSSR count). The molecule has 2 heterocycles. The van der Waals surface area contributed by atoms with Gasteiger partial charge in [-0.05, 0) is 37.1 Å². The maximum atomic E-state index is 14.3. The normalized spacial score (nSPS) is 11.1. The van der Waals surface area contributed by atoms with Gasteiger partial charge in [0.2, 0.25) is 0 Å². The van der Waals surface area contributed by atoms with Gasteiger partial charge in [0.05, 0.1) is 18.6 Å². The monoisotopic (exact) mass is 497 g/mol. The molecule has 0 atom stereocenters. The Bertz CT molecular complexity index is 847. The molecule has 0 saturated carbocycles. The number of aryl methyl sites for hydroxylation is 1. The minimum absolute atomic E-state index is 0. The Balaban J connectivity index is 0.00000280. The average Bonchev–Trinajstić information content (AvgIpc) is 3.37. The van der Waals surface area contributed by atoms with Crippen molar-refractivity contribution >= 4 is 29.9 Å². The van der Waals surface area contributed by atoms with Crippen LogP contribution < -0.4 is 10.6 Å². The van der Waals surface area contributed by atoms with E-state index >= 15 is 0 Å². The van der Waals surface area contributed by atoms with Gasteiger partial charge in [0.25, 0.3) is 0 Å². The summed E-state index contributed by atoms with van der Waals surface area (Å²) in [6, 6.07) is 7.05. The standard InChI is InChI=1S/C19H24FN7.HI/c1-2-22-19(23-7-3-10-27-11-4-8-25-27)24-14-16-5-6-18(17(20)13-16)26-12-9-21-15-26;/h4-6,8-9,11-13,15H,2-3,7,10,14H2,1H3,(H2,22,23,24);1H. The lowest BCUT2D eigenvalue weighted by atomic mass is 10.2. The number of hydrogen-bond acceptors (Lipinski definition) is 3. The van der Waals surface area contributed by atoms with E-state index < -0.39 is 0 Å². The van der Waals surface area contributed by atoms with Crippen LogP contribution in [0.25, 0.3) is 5.69 Å². The summed E-state index contributed by atoms with van der Waals surface area (Å²) in [4.78, 5) is 8.48. The lowest BCUT2D eigenvalue weighted by molar-refractivity contribution is 0.570. The number of halogens is 2. The van der Waals surface area contributed by atoms with Gasteiger partial charge < -0.3 is 15.2 Å². The summed E-state index contributed by atoms with van der Waals surface area (Å²) in [7, 11) is 0. The summed E-state index contributed by atoms with van der Waals surface area (Å²) in [5, 5.41) is 10.7. The minimum atomic E-state index is -0.294. The van der Waals surface area contributed by atoms with E-state index in [-0.39, 0.29) is 29.8 Å². The van der Waals surface area contributed by atoms with Crippen LogP contribution in [0.2, 0.25) is 0 Å². The van der Waals surface area contributed by atoms with Gasteiger partial charge in [-0.3, -0.25) is 4.68 Å². The van der Waals surface area contributed by atoms with Gasteiger partial charge in [-0.2, -0.15) is 5.10 Å². The van der Waals surface area contributed by atoms with Gasteiger partial charge in [-0.1, -0.05) is 6.07 Å². The molecular formula is C19H25FIN7. The molecule has 0 spiro atoms. The van der Waals surface area contributed by atoms with Crippen LogP contribution >= 0.6 is 24.0 Å². The molecule has 0 unspecified atom stereocenters. The predicted molar refractivity (Wildman–Crippen MR) is 119 cm³/mol. The third-order valence-corrected chi connectivity index (χ3v) is 3.97. The number of imidazole rings is 1. The lowest BCUT2D eigenvalue weighted by Crippen LogP contribution is -2.38. The molecule has 3 aromatic rings. The summed E-state index contributed by atoms with van der Waals surface area (Å²) < 4.78 is 17.9. The maximum absolute atomic E-state index is 14.3. The lowest BCUT2D eigenvalue weighted by Gasteiger charge is -2.11. The highest BCUT2D eigenvalue weighted by atomic mass is 127. The van der Waals surface area contributed by atoms with E-state index in [4.69, 9.17) is 0 Å². The number of aromatic nitrogens is 4. The van der Waals surface area contributed by atoms with Crippen molar-refractivity contribution in [3.8, 4) is 5.69 Å². The van der Waals surface area contributed by atoms with Crippen molar-refractivity contribution in [1.29, 1.82) is 0 Å². The second-order valence-corrected chi connectivity index (χ2v) is 6.00. The molecule has 2 aromatic heterocycles. The molecule has 0 amide bonds. The van der Waals surface area contributed by atoms with Crippen LogP contribution in [0.3, 0.4) is 0 Å². The highest BCUT2D eigenvalue weighted by molar-refractivity contribution is 14.0. The summed E-state index contributed by atoms with van der Waals surface area (Å²) in [6.07, 6.45) is 9.57. The van der Waals surface area contributed by atoms with Gasteiger partial charge in [0.15, 0.2) is 5.96 Å². The summed E-state index contributed by atoms with van der Waals surface area (Å²) in [5.41, 5.74) is 1.29. The Labute approximate surface area is 181 Å². The molecule has 28 heavy (non-hydrogen) atoms. The van der Waals surface area contributed by atoms with Crippen LogP contribution in [0, 0.1) is 5.82 Å². The second kappa shape index (κ2) is 11.4. The Morgan fingerprint density at radius 2 is 2.11 bits per heavy atom. The zero-order valence-electron chi connectivity index (χ0n) is 15.8. The Morgan fingerprint density at radius 3 is 2.79 bits per heavy atom. The molecule has 9 heteroatoms. The van der Waals surface area contributed by atoms with E-state index in [1.807, 2.05) is 29.9 Å². The van der Waals surface area contributed by atoms with Crippen LogP contribution in [-0.2, 0) is 13.1 Å². The number of benzene rings is 1. The van der Waals surface area contributed by atoms with Gasteiger partial charge in [0.1, 0.15) is 5.82 Å². The molecule has 150 valence electrons. The highest BCUT2D eigenvalue weighted by Crippen LogP contribution is 2.15. The van der Waals surface area contributed by atoms with E-state index in [1.165, 1.54) is 6.07 Å². The Hall–Kier alpha value is -2.43. The van der Waals surface area contributed by atoms with E-state index in [2.05, 4.69) is 25.7 Å². The van der Waals surface area contributed by atoms with E-state index in [9.17, 15) is 4.39 Å². The fourth-order valence-corrected chi connectivity index (χ4v) is 2.65. The molecular weight excluding hydrogens is 472 g/mol. The Morgan fingerprint density at radius 1 is 1.21 bits per heavy atom. The smallest absolute Gasteiger partial charge is 0.191 e. The minimum Gasteiger partial charge on any atom is -0.357 e. The quantitative estimate of drug-likeness (QED) is 0.217. The van der Waals surface area contributed by atoms with Gasteiger partial charge >= 0.3 is 0 Å². The first-order valence-corrected chi connectivity index (χ1v) is 9.02. The van der Waals surface area contributed by atoms with Crippen LogP contribution in [0.4, 0.5) is 4.39 Å². The summed E-state index contributed by atoms with van der Waals surface area (Å²) >= 11 is 0. The van der Waals surface area contributed by atoms with Gasteiger partial charge in [-0.15, -0.1) is 24.0 Å². The zero-order valence-corrected chi connectivity index (χ0v) is 18.1. The van der Waals surface area contributed by atoms with Crippen molar-refractivity contribution in [2.75, 3.05) is 13.1 Å². The molecule has 1 aromatic carbocycles. The van der Waals surface area contributed by atoms with Crippen molar-refractivity contribution < 1.29 is 4.39 Å². The van der Waals surface area contributed by atoms with Crippen molar-refractivity contribution in [3.63, 3.8) is 0 Å². The molecule has 0 fully saturated rings. The topological polar surface area (TPSA) is 72.1 Å². The van der Waals surface area contributed by atoms with Crippen molar-refractivity contribution in [3.05, 3.63) is 66.8 Å². The van der Waals surface area contributed by atoms with Gasteiger partial charge in [0, 0.05) is 44.4 Å². The van der Waals surface area contributed by atoms with Gasteiger partial charge in [-0.25, -0.2) is 14.4 Å². The maximum Gasteiger partial charge on any atom is 0.191 e.